The fraction of sp³-hybridized carbons (Fsp3) is 0.500. The van der Waals surface area contributed by atoms with Crippen LogP contribution in [-0.2, 0) is 22.4 Å². The topological polar surface area (TPSA) is 86.6 Å². The third kappa shape index (κ3) is 6.90. The summed E-state index contributed by atoms with van der Waals surface area (Å²) in [5.74, 6) is -1.29. The quantitative estimate of drug-likeness (QED) is 0.678. The summed E-state index contributed by atoms with van der Waals surface area (Å²) < 4.78 is 0. The van der Waals surface area contributed by atoms with Gasteiger partial charge in [0.2, 0.25) is 5.91 Å². The number of aliphatic carboxylic acids is 1. The van der Waals surface area contributed by atoms with Gasteiger partial charge in [-0.15, -0.1) is 0 Å². The van der Waals surface area contributed by atoms with Crippen molar-refractivity contribution < 1.29 is 19.8 Å². The number of carbonyl (C=O) groups is 2. The summed E-state index contributed by atoms with van der Waals surface area (Å²) in [6, 6.07) is 8.11. The van der Waals surface area contributed by atoms with Crippen molar-refractivity contribution in [3.8, 4) is 0 Å². The number of carboxylic acid groups (broad SMARTS) is 1. The number of hydrogen-bond acceptors (Lipinski definition) is 3. The highest BCUT2D eigenvalue weighted by molar-refractivity contribution is 5.76. The van der Waals surface area contributed by atoms with Crippen molar-refractivity contribution in [3.63, 3.8) is 0 Å². The summed E-state index contributed by atoms with van der Waals surface area (Å²) in [5, 5.41) is 21.0. The zero-order valence-electron chi connectivity index (χ0n) is 12.6. The third-order valence-corrected chi connectivity index (χ3v) is 3.27. The molecule has 5 heteroatoms. The van der Waals surface area contributed by atoms with Crippen LogP contribution in [0.4, 0.5) is 0 Å². The zero-order chi connectivity index (χ0) is 15.9. The van der Waals surface area contributed by atoms with Crippen molar-refractivity contribution in [1.82, 2.24) is 5.32 Å². The van der Waals surface area contributed by atoms with E-state index in [9.17, 15) is 14.7 Å². The van der Waals surface area contributed by atoms with Crippen LogP contribution in [0, 0.1) is 0 Å². The first-order valence-electron chi connectivity index (χ1n) is 7.11. The Balaban J connectivity index is 2.35. The summed E-state index contributed by atoms with van der Waals surface area (Å²) in [6.07, 6.45) is 1.52. The van der Waals surface area contributed by atoms with Gasteiger partial charge in [-0.05, 0) is 30.9 Å². The lowest BCUT2D eigenvalue weighted by molar-refractivity contribution is -0.142. The Kier molecular flexibility index (Phi) is 6.37. The average Bonchev–Trinajstić information content (AvgIpc) is 2.42. The largest absolute Gasteiger partial charge is 0.481 e. The number of carboxylic acids is 1. The molecule has 0 aromatic heterocycles. The summed E-state index contributed by atoms with van der Waals surface area (Å²) in [6.45, 7) is 3.42. The molecule has 3 N–H and O–H groups in total. The van der Waals surface area contributed by atoms with E-state index in [1.165, 1.54) is 12.5 Å². The monoisotopic (exact) mass is 293 g/mol. The molecule has 0 saturated heterocycles. The van der Waals surface area contributed by atoms with Crippen molar-refractivity contribution in [2.75, 3.05) is 6.54 Å². The molecule has 1 aromatic carbocycles. The van der Waals surface area contributed by atoms with Gasteiger partial charge in [0.05, 0.1) is 12.0 Å². The maximum absolute atomic E-state index is 11.7. The van der Waals surface area contributed by atoms with Crippen LogP contribution in [0.2, 0.25) is 0 Å². The van der Waals surface area contributed by atoms with E-state index in [1.54, 1.807) is 0 Å². The number of carbonyl (C=O) groups excluding carboxylic acids is 1. The minimum Gasteiger partial charge on any atom is -0.481 e. The summed E-state index contributed by atoms with van der Waals surface area (Å²) in [4.78, 5) is 22.3. The molecular formula is C16H23NO4. The van der Waals surface area contributed by atoms with Gasteiger partial charge < -0.3 is 15.5 Å². The van der Waals surface area contributed by atoms with Crippen molar-refractivity contribution in [3.05, 3.63) is 35.4 Å². The normalized spacial score (nSPS) is 13.5. The lowest BCUT2D eigenvalue weighted by Crippen LogP contribution is -2.42. The van der Waals surface area contributed by atoms with E-state index >= 15 is 0 Å². The molecule has 0 aliphatic carbocycles. The Morgan fingerprint density at radius 2 is 1.76 bits per heavy atom. The molecular weight excluding hydrogens is 270 g/mol. The average molecular weight is 293 g/mol. The van der Waals surface area contributed by atoms with Crippen LogP contribution >= 0.6 is 0 Å². The van der Waals surface area contributed by atoms with Crippen molar-refractivity contribution in [2.45, 2.75) is 45.1 Å². The lowest BCUT2D eigenvalue weighted by Gasteiger charge is -2.21. The SMILES string of the molecule is CCc1ccc(CCC(=O)NCC(C)(O)CC(=O)O)cc1. The first kappa shape index (κ1) is 17.2. The predicted octanol–water partition coefficient (Wildman–Crippen LogP) is 1.52. The minimum atomic E-state index is -1.43. The lowest BCUT2D eigenvalue weighted by atomic mass is 10.0. The second kappa shape index (κ2) is 7.78. The molecule has 0 radical (unpaired) electrons. The molecule has 1 unspecified atom stereocenters. The van der Waals surface area contributed by atoms with E-state index in [-0.39, 0.29) is 12.5 Å². The van der Waals surface area contributed by atoms with E-state index in [4.69, 9.17) is 5.11 Å². The summed E-state index contributed by atoms with van der Waals surface area (Å²) in [7, 11) is 0. The molecule has 1 rings (SSSR count). The first-order valence-corrected chi connectivity index (χ1v) is 7.11. The molecule has 0 heterocycles. The maximum Gasteiger partial charge on any atom is 0.306 e. The Hall–Kier alpha value is -1.88. The van der Waals surface area contributed by atoms with E-state index in [0.717, 1.165) is 12.0 Å². The molecule has 0 spiro atoms. The predicted molar refractivity (Wildman–Crippen MR) is 80.0 cm³/mol. The number of aryl methyl sites for hydroxylation is 2. The first-order chi connectivity index (χ1) is 9.82. The fourth-order valence-electron chi connectivity index (χ4n) is 1.97. The summed E-state index contributed by atoms with van der Waals surface area (Å²) in [5.41, 5.74) is 0.914. The van der Waals surface area contributed by atoms with Gasteiger partial charge in [-0.25, -0.2) is 0 Å². The molecule has 1 amide bonds. The third-order valence-electron chi connectivity index (χ3n) is 3.27. The molecule has 0 aliphatic rings. The minimum absolute atomic E-state index is 0.0626. The Labute approximate surface area is 125 Å². The Bertz CT molecular complexity index is 480. The molecule has 0 fully saturated rings. The van der Waals surface area contributed by atoms with Gasteiger partial charge in [0.1, 0.15) is 0 Å². The van der Waals surface area contributed by atoms with Crippen LogP contribution in [0.25, 0.3) is 0 Å². The Morgan fingerprint density at radius 1 is 1.19 bits per heavy atom. The van der Waals surface area contributed by atoms with E-state index < -0.39 is 18.0 Å². The van der Waals surface area contributed by atoms with Gasteiger partial charge in [0.25, 0.3) is 0 Å². The van der Waals surface area contributed by atoms with Gasteiger partial charge in [-0.3, -0.25) is 9.59 Å². The van der Waals surface area contributed by atoms with Crippen LogP contribution in [0.15, 0.2) is 24.3 Å². The smallest absolute Gasteiger partial charge is 0.306 e. The van der Waals surface area contributed by atoms with Crippen LogP contribution in [0.3, 0.4) is 0 Å². The second-order valence-electron chi connectivity index (χ2n) is 5.51. The van der Waals surface area contributed by atoms with Crippen molar-refractivity contribution in [1.29, 1.82) is 0 Å². The van der Waals surface area contributed by atoms with Crippen LogP contribution < -0.4 is 5.32 Å². The molecule has 0 bridgehead atoms. The highest BCUT2D eigenvalue weighted by Gasteiger charge is 2.24. The molecule has 0 aliphatic heterocycles. The number of benzene rings is 1. The van der Waals surface area contributed by atoms with E-state index in [2.05, 4.69) is 12.2 Å². The van der Waals surface area contributed by atoms with Gasteiger partial charge in [0.15, 0.2) is 0 Å². The van der Waals surface area contributed by atoms with Crippen LogP contribution in [0.1, 0.15) is 37.8 Å². The number of amides is 1. The summed E-state index contributed by atoms with van der Waals surface area (Å²) >= 11 is 0. The van der Waals surface area contributed by atoms with Gasteiger partial charge in [0, 0.05) is 13.0 Å². The highest BCUT2D eigenvalue weighted by atomic mass is 16.4. The van der Waals surface area contributed by atoms with Crippen molar-refractivity contribution in [2.24, 2.45) is 0 Å². The van der Waals surface area contributed by atoms with E-state index in [0.29, 0.717) is 12.8 Å². The Morgan fingerprint density at radius 3 is 2.29 bits per heavy atom. The fourth-order valence-corrected chi connectivity index (χ4v) is 1.97. The molecule has 5 nitrogen and oxygen atoms in total. The number of rotatable bonds is 8. The number of aliphatic hydroxyl groups is 1. The highest BCUT2D eigenvalue weighted by Crippen LogP contribution is 2.09. The molecule has 1 atom stereocenters. The molecule has 0 saturated carbocycles. The van der Waals surface area contributed by atoms with Crippen molar-refractivity contribution >= 4 is 11.9 Å². The standard InChI is InChI=1S/C16H23NO4/c1-3-12-4-6-13(7-5-12)8-9-14(18)17-11-16(2,21)10-15(19)20/h4-7,21H,3,8-11H2,1-2H3,(H,17,18)(H,19,20). The molecule has 21 heavy (non-hydrogen) atoms. The number of nitrogens with one attached hydrogen (secondary N) is 1. The van der Waals surface area contributed by atoms with E-state index in [1.807, 2.05) is 24.3 Å². The zero-order valence-corrected chi connectivity index (χ0v) is 12.6. The number of hydrogen-bond donors (Lipinski definition) is 3. The molecule has 116 valence electrons. The van der Waals surface area contributed by atoms with Gasteiger partial charge in [-0.1, -0.05) is 31.2 Å². The maximum atomic E-state index is 11.7. The van der Waals surface area contributed by atoms with Gasteiger partial charge in [-0.2, -0.15) is 0 Å². The van der Waals surface area contributed by atoms with Crippen LogP contribution in [-0.4, -0.2) is 34.2 Å². The van der Waals surface area contributed by atoms with Crippen LogP contribution in [0.5, 0.6) is 0 Å². The molecule has 1 aromatic rings. The van der Waals surface area contributed by atoms with Gasteiger partial charge >= 0.3 is 5.97 Å². The second-order valence-corrected chi connectivity index (χ2v) is 5.51.